The molecule has 0 rings (SSSR count). The van der Waals surface area contributed by atoms with Gasteiger partial charge in [-0.05, 0) is 11.8 Å². The molecule has 2 N–H and O–H groups in total. The Balaban J connectivity index is 3.45. The maximum absolute atomic E-state index is 10.2. The van der Waals surface area contributed by atoms with E-state index in [1.54, 1.807) is 0 Å². The number of aliphatic hydroxyl groups is 2. The summed E-state index contributed by atoms with van der Waals surface area (Å²) in [5.74, 6) is -0.00405. The fourth-order valence-corrected chi connectivity index (χ4v) is 3.19. The van der Waals surface area contributed by atoms with Crippen molar-refractivity contribution < 1.29 is 10.2 Å². The van der Waals surface area contributed by atoms with E-state index >= 15 is 0 Å². The van der Waals surface area contributed by atoms with Crippen LogP contribution in [0.1, 0.15) is 105 Å². The predicted octanol–water partition coefficient (Wildman–Crippen LogP) is 5.70. The van der Waals surface area contributed by atoms with E-state index in [9.17, 15) is 10.2 Å². The van der Waals surface area contributed by atoms with Crippen LogP contribution in [0.4, 0.5) is 0 Å². The van der Waals surface area contributed by atoms with E-state index in [-0.39, 0.29) is 24.0 Å². The second-order valence-electron chi connectivity index (χ2n) is 8.05. The monoisotopic (exact) mass is 314 g/mol. The molecule has 0 aromatic carbocycles. The Bertz CT molecular complexity index is 232. The Kier molecular flexibility index (Phi) is 13.3. The molecule has 0 aliphatic heterocycles. The van der Waals surface area contributed by atoms with Gasteiger partial charge in [0.25, 0.3) is 0 Å². The van der Waals surface area contributed by atoms with Crippen molar-refractivity contribution in [1.29, 1.82) is 0 Å². The summed E-state index contributed by atoms with van der Waals surface area (Å²) in [6.45, 7) is 8.64. The number of aliphatic hydroxyl groups excluding tert-OH is 2. The lowest BCUT2D eigenvalue weighted by molar-refractivity contribution is -0.0000527. The van der Waals surface area contributed by atoms with Gasteiger partial charge in [0.15, 0.2) is 0 Å². The summed E-state index contributed by atoms with van der Waals surface area (Å²) in [5, 5.41) is 19.7. The average molecular weight is 315 g/mol. The van der Waals surface area contributed by atoms with Gasteiger partial charge in [-0.1, -0.05) is 98.3 Å². The van der Waals surface area contributed by atoms with E-state index in [1.165, 1.54) is 64.2 Å². The van der Waals surface area contributed by atoms with Gasteiger partial charge in [-0.15, -0.1) is 0 Å². The second-order valence-corrected chi connectivity index (χ2v) is 8.05. The van der Waals surface area contributed by atoms with Gasteiger partial charge < -0.3 is 10.2 Å². The molecule has 0 amide bonds. The highest BCUT2D eigenvalue weighted by Crippen LogP contribution is 2.30. The summed E-state index contributed by atoms with van der Waals surface area (Å²) in [7, 11) is 0. The van der Waals surface area contributed by atoms with Crippen LogP contribution >= 0.6 is 0 Å². The van der Waals surface area contributed by atoms with Gasteiger partial charge in [-0.3, -0.25) is 0 Å². The van der Waals surface area contributed by atoms with Crippen LogP contribution in [0, 0.1) is 11.3 Å². The van der Waals surface area contributed by atoms with Gasteiger partial charge in [0.05, 0.1) is 6.10 Å². The summed E-state index contributed by atoms with van der Waals surface area (Å²) in [6.07, 6.45) is 15.1. The largest absolute Gasteiger partial charge is 0.396 e. The normalized spacial score (nSPS) is 15.0. The summed E-state index contributed by atoms with van der Waals surface area (Å²) in [5.41, 5.74) is -0.0219. The summed E-state index contributed by atoms with van der Waals surface area (Å²) < 4.78 is 0. The van der Waals surface area contributed by atoms with Crippen molar-refractivity contribution in [2.45, 2.75) is 111 Å². The fraction of sp³-hybridized carbons (Fsp3) is 1.00. The molecule has 0 aliphatic carbocycles. The average Bonchev–Trinajstić information content (AvgIpc) is 2.44. The Morgan fingerprint density at radius 3 is 1.50 bits per heavy atom. The molecule has 0 aromatic rings. The van der Waals surface area contributed by atoms with E-state index in [0.29, 0.717) is 0 Å². The molecule has 0 saturated heterocycles. The summed E-state index contributed by atoms with van der Waals surface area (Å²) >= 11 is 0. The molecule has 2 nitrogen and oxygen atoms in total. The van der Waals surface area contributed by atoms with Gasteiger partial charge in [0.1, 0.15) is 0 Å². The van der Waals surface area contributed by atoms with Gasteiger partial charge in [-0.2, -0.15) is 0 Å². The summed E-state index contributed by atoms with van der Waals surface area (Å²) in [4.78, 5) is 0. The molecule has 0 aliphatic rings. The molecule has 22 heavy (non-hydrogen) atoms. The number of hydrogen-bond acceptors (Lipinski definition) is 2. The first-order valence-electron chi connectivity index (χ1n) is 9.72. The molecule has 2 atom stereocenters. The lowest BCUT2D eigenvalue weighted by Crippen LogP contribution is -2.35. The number of rotatable bonds is 14. The minimum Gasteiger partial charge on any atom is -0.396 e. The quantitative estimate of drug-likeness (QED) is 0.404. The molecule has 0 spiro atoms. The maximum Gasteiger partial charge on any atom is 0.0595 e. The zero-order valence-corrected chi connectivity index (χ0v) is 15.7. The Morgan fingerprint density at radius 2 is 1.14 bits per heavy atom. The third kappa shape index (κ3) is 11.5. The van der Waals surface area contributed by atoms with E-state index in [1.807, 2.05) is 0 Å². The van der Waals surface area contributed by atoms with Crippen LogP contribution in [0.5, 0.6) is 0 Å². The van der Waals surface area contributed by atoms with Crippen molar-refractivity contribution in [3.05, 3.63) is 0 Å². The van der Waals surface area contributed by atoms with Crippen LogP contribution in [0.15, 0.2) is 0 Å². The second kappa shape index (κ2) is 13.4. The van der Waals surface area contributed by atoms with Crippen molar-refractivity contribution >= 4 is 0 Å². The lowest BCUT2D eigenvalue weighted by atomic mass is 9.76. The third-order valence-corrected chi connectivity index (χ3v) is 4.88. The van der Waals surface area contributed by atoms with Crippen molar-refractivity contribution in [1.82, 2.24) is 0 Å². The van der Waals surface area contributed by atoms with Crippen LogP contribution in [-0.4, -0.2) is 22.9 Å². The molecular formula is C20H42O2. The van der Waals surface area contributed by atoms with Crippen molar-refractivity contribution in [3.8, 4) is 0 Å². The van der Waals surface area contributed by atoms with Gasteiger partial charge in [0.2, 0.25) is 0 Å². The summed E-state index contributed by atoms with van der Waals surface area (Å²) in [6, 6.07) is 0. The Hall–Kier alpha value is -0.0800. The molecule has 0 heterocycles. The van der Waals surface area contributed by atoms with Crippen LogP contribution in [0.25, 0.3) is 0 Å². The topological polar surface area (TPSA) is 40.5 Å². The van der Waals surface area contributed by atoms with Crippen molar-refractivity contribution in [2.75, 3.05) is 6.61 Å². The first-order chi connectivity index (χ1) is 10.4. The molecule has 0 radical (unpaired) electrons. The predicted molar refractivity (Wildman–Crippen MR) is 97.1 cm³/mol. The molecule has 0 aromatic heterocycles. The SMILES string of the molecule is CCCCCCCCCCCCCC(O)C(CO)C(C)(C)C. The highest BCUT2D eigenvalue weighted by Gasteiger charge is 2.29. The molecular weight excluding hydrogens is 272 g/mol. The number of unbranched alkanes of at least 4 members (excludes halogenated alkanes) is 10. The number of hydrogen-bond donors (Lipinski definition) is 2. The van der Waals surface area contributed by atoms with Crippen molar-refractivity contribution in [2.24, 2.45) is 11.3 Å². The van der Waals surface area contributed by atoms with Crippen molar-refractivity contribution in [3.63, 3.8) is 0 Å². The van der Waals surface area contributed by atoms with Gasteiger partial charge in [-0.25, -0.2) is 0 Å². The molecule has 0 bridgehead atoms. The van der Waals surface area contributed by atoms with E-state index in [2.05, 4.69) is 27.7 Å². The van der Waals surface area contributed by atoms with Gasteiger partial charge >= 0.3 is 0 Å². The van der Waals surface area contributed by atoms with E-state index in [4.69, 9.17) is 0 Å². The Morgan fingerprint density at radius 1 is 0.727 bits per heavy atom. The molecule has 2 unspecified atom stereocenters. The minimum atomic E-state index is -0.358. The highest BCUT2D eigenvalue weighted by atomic mass is 16.3. The van der Waals surface area contributed by atoms with E-state index in [0.717, 1.165) is 12.8 Å². The van der Waals surface area contributed by atoms with Gasteiger partial charge in [0, 0.05) is 12.5 Å². The third-order valence-electron chi connectivity index (χ3n) is 4.88. The standard InChI is InChI=1S/C20H42O2/c1-5-6-7-8-9-10-11-12-13-14-15-16-19(22)18(17-21)20(2,3)4/h18-19,21-22H,5-17H2,1-4H3. The van der Waals surface area contributed by atoms with E-state index < -0.39 is 0 Å². The van der Waals surface area contributed by atoms with Crippen LogP contribution < -0.4 is 0 Å². The minimum absolute atomic E-state index is 0.00405. The van der Waals surface area contributed by atoms with Crippen LogP contribution in [0.2, 0.25) is 0 Å². The van der Waals surface area contributed by atoms with Crippen LogP contribution in [0.3, 0.4) is 0 Å². The molecule has 2 heteroatoms. The molecule has 0 saturated carbocycles. The molecule has 0 fully saturated rings. The first kappa shape index (κ1) is 21.9. The first-order valence-corrected chi connectivity index (χ1v) is 9.72. The highest BCUT2D eigenvalue weighted by molar-refractivity contribution is 4.79. The van der Waals surface area contributed by atoms with Crippen LogP contribution in [-0.2, 0) is 0 Å². The zero-order chi connectivity index (χ0) is 16.8. The fourth-order valence-electron chi connectivity index (χ4n) is 3.19. The molecule has 134 valence electrons. The lowest BCUT2D eigenvalue weighted by Gasteiger charge is -2.33. The Labute approximate surface area is 139 Å². The zero-order valence-electron chi connectivity index (χ0n) is 15.7. The maximum atomic E-state index is 10.2. The smallest absolute Gasteiger partial charge is 0.0595 e.